The van der Waals surface area contributed by atoms with Crippen LogP contribution in [0.25, 0.3) is 0 Å². The van der Waals surface area contributed by atoms with E-state index in [1.165, 1.54) is 6.07 Å². The van der Waals surface area contributed by atoms with Crippen LogP contribution in [0, 0.1) is 6.92 Å². The third kappa shape index (κ3) is 2.87. The predicted octanol–water partition coefficient (Wildman–Crippen LogP) is -1.12. The van der Waals surface area contributed by atoms with Gasteiger partial charge in [-0.2, -0.15) is 0 Å². The van der Waals surface area contributed by atoms with E-state index < -0.39 is 37.3 Å². The molecule has 1 aliphatic heterocycles. The summed E-state index contributed by atoms with van der Waals surface area (Å²) in [5, 5.41) is 47.7. The van der Waals surface area contributed by atoms with Gasteiger partial charge in [0.1, 0.15) is 35.9 Å². The number of aliphatic hydroxyl groups is 4. The van der Waals surface area contributed by atoms with E-state index in [4.69, 9.17) is 14.6 Å². The van der Waals surface area contributed by atoms with Gasteiger partial charge in [-0.3, -0.25) is 0 Å². The molecule has 112 valence electrons. The van der Waals surface area contributed by atoms with Crippen LogP contribution in [0.1, 0.15) is 5.56 Å². The maximum absolute atomic E-state index is 9.80. The summed E-state index contributed by atoms with van der Waals surface area (Å²) in [5.41, 5.74) is 0.658. The van der Waals surface area contributed by atoms with Crippen LogP contribution >= 0.6 is 0 Å². The Labute approximate surface area is 115 Å². The average molecular weight is 286 g/mol. The lowest BCUT2D eigenvalue weighted by molar-refractivity contribution is -0.277. The number of hydrogen-bond donors (Lipinski definition) is 5. The van der Waals surface area contributed by atoms with Gasteiger partial charge in [0, 0.05) is 6.07 Å². The van der Waals surface area contributed by atoms with Crippen molar-refractivity contribution in [1.29, 1.82) is 0 Å². The van der Waals surface area contributed by atoms with Crippen molar-refractivity contribution in [3.05, 3.63) is 23.8 Å². The summed E-state index contributed by atoms with van der Waals surface area (Å²) in [6.45, 7) is 1.19. The minimum absolute atomic E-state index is 0.0205. The van der Waals surface area contributed by atoms with Crippen LogP contribution in [-0.2, 0) is 4.74 Å². The number of hydrogen-bond acceptors (Lipinski definition) is 7. The van der Waals surface area contributed by atoms with E-state index in [1.54, 1.807) is 19.1 Å². The molecule has 0 aliphatic carbocycles. The third-order valence-corrected chi connectivity index (χ3v) is 3.28. The van der Waals surface area contributed by atoms with Gasteiger partial charge >= 0.3 is 0 Å². The van der Waals surface area contributed by atoms with Crippen LogP contribution < -0.4 is 4.74 Å². The Morgan fingerprint density at radius 2 is 1.85 bits per heavy atom. The molecule has 5 N–H and O–H groups in total. The first-order valence-corrected chi connectivity index (χ1v) is 6.21. The van der Waals surface area contributed by atoms with Gasteiger partial charge in [-0.25, -0.2) is 0 Å². The normalized spacial score (nSPS) is 34.0. The Hall–Kier alpha value is -1.38. The van der Waals surface area contributed by atoms with Gasteiger partial charge < -0.3 is 35.0 Å². The number of aromatic hydroxyl groups is 1. The SMILES string of the molecule is Cc1ccc(O[C@@H]2OC(CO)[C@@H](O)C(O)C2O)cc1O. The summed E-state index contributed by atoms with van der Waals surface area (Å²) < 4.78 is 10.5. The van der Waals surface area contributed by atoms with Gasteiger partial charge in [-0.05, 0) is 18.6 Å². The molecule has 1 fully saturated rings. The maximum Gasteiger partial charge on any atom is 0.229 e. The Morgan fingerprint density at radius 1 is 1.15 bits per heavy atom. The molecule has 5 atom stereocenters. The van der Waals surface area contributed by atoms with Crippen molar-refractivity contribution in [2.45, 2.75) is 37.6 Å². The Morgan fingerprint density at radius 3 is 2.45 bits per heavy atom. The van der Waals surface area contributed by atoms with E-state index in [-0.39, 0.29) is 11.5 Å². The Balaban J connectivity index is 2.13. The lowest BCUT2D eigenvalue weighted by atomic mass is 9.99. The number of rotatable bonds is 3. The minimum atomic E-state index is -1.50. The van der Waals surface area contributed by atoms with Crippen molar-refractivity contribution in [2.75, 3.05) is 6.61 Å². The van der Waals surface area contributed by atoms with Gasteiger partial charge in [0.05, 0.1) is 6.61 Å². The number of aryl methyl sites for hydroxylation is 1. The molecule has 0 saturated carbocycles. The third-order valence-electron chi connectivity index (χ3n) is 3.28. The summed E-state index contributed by atoms with van der Waals surface area (Å²) in [6.07, 6.45) is -6.69. The second kappa shape index (κ2) is 5.94. The Bertz CT molecular complexity index is 462. The zero-order chi connectivity index (χ0) is 14.9. The average Bonchev–Trinajstić information content (AvgIpc) is 2.43. The molecule has 0 radical (unpaired) electrons. The van der Waals surface area contributed by atoms with Gasteiger partial charge in [0.25, 0.3) is 0 Å². The van der Waals surface area contributed by atoms with Crippen molar-refractivity contribution in [2.24, 2.45) is 0 Å². The molecule has 2 rings (SSSR count). The first kappa shape index (κ1) is 15.0. The molecule has 20 heavy (non-hydrogen) atoms. The van der Waals surface area contributed by atoms with Crippen LogP contribution in [0.2, 0.25) is 0 Å². The molecule has 0 aromatic heterocycles. The fraction of sp³-hybridized carbons (Fsp3) is 0.538. The number of aliphatic hydroxyl groups excluding tert-OH is 4. The van der Waals surface area contributed by atoms with Gasteiger partial charge in [-0.1, -0.05) is 6.07 Å². The first-order valence-electron chi connectivity index (χ1n) is 6.21. The topological polar surface area (TPSA) is 120 Å². The first-order chi connectivity index (χ1) is 9.43. The van der Waals surface area contributed by atoms with Gasteiger partial charge in [0.15, 0.2) is 0 Å². The molecular weight excluding hydrogens is 268 g/mol. The molecule has 1 aromatic rings. The molecule has 1 aliphatic rings. The van der Waals surface area contributed by atoms with Crippen LogP contribution in [0.5, 0.6) is 11.5 Å². The standard InChI is InChI=1S/C13H18O7/c1-6-2-3-7(4-8(6)15)19-13-12(18)11(17)10(16)9(5-14)20-13/h2-4,9-18H,5H2,1H3/t9?,10-,11?,12?,13-/m1/s1. The number of benzene rings is 1. The zero-order valence-electron chi connectivity index (χ0n) is 10.9. The second-order valence-electron chi connectivity index (χ2n) is 4.76. The van der Waals surface area contributed by atoms with E-state index in [9.17, 15) is 20.4 Å². The predicted molar refractivity (Wildman–Crippen MR) is 67.2 cm³/mol. The number of ether oxygens (including phenoxy) is 2. The number of phenols is 1. The highest BCUT2D eigenvalue weighted by molar-refractivity contribution is 5.38. The molecule has 0 bridgehead atoms. The van der Waals surface area contributed by atoms with Gasteiger partial charge in [-0.15, -0.1) is 0 Å². The minimum Gasteiger partial charge on any atom is -0.508 e. The zero-order valence-corrected chi connectivity index (χ0v) is 10.9. The van der Waals surface area contributed by atoms with Crippen LogP contribution in [0.4, 0.5) is 0 Å². The molecule has 3 unspecified atom stereocenters. The van der Waals surface area contributed by atoms with E-state index in [0.717, 1.165) is 0 Å². The lowest BCUT2D eigenvalue weighted by Gasteiger charge is -2.39. The second-order valence-corrected chi connectivity index (χ2v) is 4.76. The fourth-order valence-electron chi connectivity index (χ4n) is 1.96. The van der Waals surface area contributed by atoms with Crippen molar-refractivity contribution in [3.8, 4) is 11.5 Å². The highest BCUT2D eigenvalue weighted by Gasteiger charge is 2.44. The van der Waals surface area contributed by atoms with E-state index in [0.29, 0.717) is 5.56 Å². The van der Waals surface area contributed by atoms with Crippen LogP contribution in [0.3, 0.4) is 0 Å². The van der Waals surface area contributed by atoms with Crippen LogP contribution in [-0.4, -0.2) is 62.8 Å². The fourth-order valence-corrected chi connectivity index (χ4v) is 1.96. The summed E-state index contributed by atoms with van der Waals surface area (Å²) in [7, 11) is 0. The quantitative estimate of drug-likeness (QED) is 0.477. The molecule has 7 heteroatoms. The van der Waals surface area contributed by atoms with E-state index in [2.05, 4.69) is 0 Å². The van der Waals surface area contributed by atoms with Crippen molar-refractivity contribution < 1.29 is 35.0 Å². The van der Waals surface area contributed by atoms with Crippen LogP contribution in [0.15, 0.2) is 18.2 Å². The smallest absolute Gasteiger partial charge is 0.229 e. The van der Waals surface area contributed by atoms with Crippen molar-refractivity contribution in [1.82, 2.24) is 0 Å². The summed E-state index contributed by atoms with van der Waals surface area (Å²) in [4.78, 5) is 0. The van der Waals surface area contributed by atoms with Gasteiger partial charge in [0.2, 0.25) is 6.29 Å². The van der Waals surface area contributed by atoms with E-state index >= 15 is 0 Å². The molecule has 1 aromatic carbocycles. The molecular formula is C13H18O7. The highest BCUT2D eigenvalue weighted by Crippen LogP contribution is 2.27. The molecule has 1 heterocycles. The summed E-state index contributed by atoms with van der Waals surface area (Å²) in [5.74, 6) is 0.254. The number of phenolic OH excluding ortho intramolecular Hbond substituents is 1. The largest absolute Gasteiger partial charge is 0.508 e. The highest BCUT2D eigenvalue weighted by atomic mass is 16.7. The molecule has 0 spiro atoms. The van der Waals surface area contributed by atoms with E-state index in [1.807, 2.05) is 0 Å². The molecule has 0 amide bonds. The lowest BCUT2D eigenvalue weighted by Crippen LogP contribution is -2.60. The van der Waals surface area contributed by atoms with Crippen molar-refractivity contribution >= 4 is 0 Å². The Kier molecular flexibility index (Phi) is 4.46. The summed E-state index contributed by atoms with van der Waals surface area (Å²) in [6, 6.07) is 4.53. The van der Waals surface area contributed by atoms with Crippen molar-refractivity contribution in [3.63, 3.8) is 0 Å². The molecule has 7 nitrogen and oxygen atoms in total. The summed E-state index contributed by atoms with van der Waals surface area (Å²) >= 11 is 0. The monoisotopic (exact) mass is 286 g/mol. The maximum atomic E-state index is 9.80. The molecule has 1 saturated heterocycles.